The number of nitro groups is 1. The summed E-state index contributed by atoms with van der Waals surface area (Å²) in [5.74, 6) is 0.593. The number of hydrogen-bond donors (Lipinski definition) is 1. The average Bonchev–Trinajstić information content (AvgIpc) is 3.00. The number of nitrogens with zero attached hydrogens (tertiary/aromatic N) is 4. The first-order valence-electron chi connectivity index (χ1n) is 8.04. The van der Waals surface area contributed by atoms with Gasteiger partial charge in [0.1, 0.15) is 5.82 Å². The number of aryl methyl sites for hydroxylation is 2. The Hall–Kier alpha value is -3.22. The van der Waals surface area contributed by atoms with Gasteiger partial charge in [0.15, 0.2) is 5.69 Å². The zero-order valence-corrected chi connectivity index (χ0v) is 14.1. The standard InChI is InChI=1S/C18H19N5O2/c1-3-15-14(12-22(2)21-15)11-19-17-10-9-16(23(24)25)18(20-17)13-7-5-4-6-8-13/h4-10,12H,3,11H2,1-2H3,(H,19,20). The number of nitrogens with one attached hydrogen (secondary N) is 1. The summed E-state index contributed by atoms with van der Waals surface area (Å²) in [6.45, 7) is 2.62. The Bertz CT molecular complexity index is 890. The van der Waals surface area contributed by atoms with Crippen molar-refractivity contribution in [3.05, 3.63) is 70.0 Å². The second-order valence-corrected chi connectivity index (χ2v) is 5.67. The fourth-order valence-electron chi connectivity index (χ4n) is 2.72. The Morgan fingerprint density at radius 2 is 1.96 bits per heavy atom. The van der Waals surface area contributed by atoms with Gasteiger partial charge in [-0.2, -0.15) is 5.10 Å². The van der Waals surface area contributed by atoms with Gasteiger partial charge in [-0.1, -0.05) is 37.3 Å². The van der Waals surface area contributed by atoms with E-state index in [4.69, 9.17) is 0 Å². The van der Waals surface area contributed by atoms with Gasteiger partial charge in [0.2, 0.25) is 0 Å². The molecule has 0 saturated carbocycles. The van der Waals surface area contributed by atoms with E-state index in [1.54, 1.807) is 10.7 Å². The molecule has 2 heterocycles. The Morgan fingerprint density at radius 1 is 1.20 bits per heavy atom. The van der Waals surface area contributed by atoms with Crippen LogP contribution in [0.25, 0.3) is 11.3 Å². The number of rotatable bonds is 6. The molecular formula is C18H19N5O2. The molecule has 0 fully saturated rings. The summed E-state index contributed by atoms with van der Waals surface area (Å²) in [4.78, 5) is 15.4. The molecule has 0 aliphatic rings. The fourth-order valence-corrected chi connectivity index (χ4v) is 2.72. The highest BCUT2D eigenvalue weighted by atomic mass is 16.6. The summed E-state index contributed by atoms with van der Waals surface area (Å²) in [6, 6.07) is 12.3. The highest BCUT2D eigenvalue weighted by molar-refractivity contribution is 5.71. The van der Waals surface area contributed by atoms with E-state index in [0.29, 0.717) is 23.6 Å². The van der Waals surface area contributed by atoms with Gasteiger partial charge in [-0.05, 0) is 12.5 Å². The van der Waals surface area contributed by atoms with Crippen molar-refractivity contribution in [2.75, 3.05) is 5.32 Å². The molecule has 0 amide bonds. The maximum Gasteiger partial charge on any atom is 0.295 e. The van der Waals surface area contributed by atoms with Crippen LogP contribution in [0.3, 0.4) is 0 Å². The number of aromatic nitrogens is 3. The fraction of sp³-hybridized carbons (Fsp3) is 0.222. The molecule has 1 N–H and O–H groups in total. The Kier molecular flexibility index (Phi) is 4.74. The van der Waals surface area contributed by atoms with E-state index in [-0.39, 0.29) is 5.69 Å². The van der Waals surface area contributed by atoms with Crippen molar-refractivity contribution in [2.24, 2.45) is 7.05 Å². The molecule has 0 atom stereocenters. The van der Waals surface area contributed by atoms with Crippen molar-refractivity contribution in [1.29, 1.82) is 0 Å². The summed E-state index contributed by atoms with van der Waals surface area (Å²) in [7, 11) is 1.89. The van der Waals surface area contributed by atoms with Gasteiger partial charge < -0.3 is 5.32 Å². The van der Waals surface area contributed by atoms with Gasteiger partial charge in [-0.15, -0.1) is 0 Å². The van der Waals surface area contributed by atoms with E-state index in [9.17, 15) is 10.1 Å². The van der Waals surface area contributed by atoms with Crippen LogP contribution in [0.15, 0.2) is 48.7 Å². The predicted octanol–water partition coefficient (Wildman–Crippen LogP) is 3.56. The predicted molar refractivity (Wildman–Crippen MR) is 96.2 cm³/mol. The summed E-state index contributed by atoms with van der Waals surface area (Å²) in [6.07, 6.45) is 2.82. The molecule has 2 aromatic heterocycles. The van der Waals surface area contributed by atoms with Crippen LogP contribution in [-0.4, -0.2) is 19.7 Å². The number of pyridine rings is 1. The summed E-state index contributed by atoms with van der Waals surface area (Å²) in [5, 5.41) is 19.0. The van der Waals surface area contributed by atoms with Crippen LogP contribution < -0.4 is 5.32 Å². The maximum atomic E-state index is 11.3. The largest absolute Gasteiger partial charge is 0.366 e. The lowest BCUT2D eigenvalue weighted by atomic mass is 10.1. The first-order chi connectivity index (χ1) is 12.1. The van der Waals surface area contributed by atoms with Crippen molar-refractivity contribution >= 4 is 11.5 Å². The van der Waals surface area contributed by atoms with Crippen LogP contribution >= 0.6 is 0 Å². The molecule has 1 aromatic carbocycles. The molecule has 0 spiro atoms. The van der Waals surface area contributed by atoms with E-state index in [2.05, 4.69) is 22.3 Å². The smallest absolute Gasteiger partial charge is 0.295 e. The minimum atomic E-state index is -0.407. The van der Waals surface area contributed by atoms with Gasteiger partial charge in [-0.25, -0.2) is 4.98 Å². The van der Waals surface area contributed by atoms with Gasteiger partial charge in [0, 0.05) is 37.0 Å². The average molecular weight is 337 g/mol. The third-order valence-corrected chi connectivity index (χ3v) is 3.90. The second kappa shape index (κ2) is 7.12. The van der Waals surface area contributed by atoms with Crippen LogP contribution in [0.2, 0.25) is 0 Å². The van der Waals surface area contributed by atoms with Crippen molar-refractivity contribution in [3.8, 4) is 11.3 Å². The minimum Gasteiger partial charge on any atom is -0.366 e. The van der Waals surface area contributed by atoms with Crippen LogP contribution in [0.4, 0.5) is 11.5 Å². The van der Waals surface area contributed by atoms with Gasteiger partial charge >= 0.3 is 0 Å². The highest BCUT2D eigenvalue weighted by Crippen LogP contribution is 2.29. The Morgan fingerprint density at radius 3 is 2.64 bits per heavy atom. The quantitative estimate of drug-likeness (QED) is 0.549. The van der Waals surface area contributed by atoms with Gasteiger partial charge in [0.05, 0.1) is 10.6 Å². The van der Waals surface area contributed by atoms with Crippen LogP contribution in [0.5, 0.6) is 0 Å². The van der Waals surface area contributed by atoms with E-state index >= 15 is 0 Å². The number of anilines is 1. The molecule has 3 aromatic rings. The Labute approximate surface area is 145 Å². The van der Waals surface area contributed by atoms with Crippen molar-refractivity contribution in [2.45, 2.75) is 19.9 Å². The monoisotopic (exact) mass is 337 g/mol. The third kappa shape index (κ3) is 3.65. The number of hydrogen-bond acceptors (Lipinski definition) is 5. The Balaban J connectivity index is 1.89. The lowest BCUT2D eigenvalue weighted by Crippen LogP contribution is -2.04. The summed E-state index contributed by atoms with van der Waals surface area (Å²) < 4.78 is 1.79. The molecule has 0 aliphatic heterocycles. The third-order valence-electron chi connectivity index (χ3n) is 3.90. The first-order valence-corrected chi connectivity index (χ1v) is 8.04. The molecule has 0 unspecified atom stereocenters. The summed E-state index contributed by atoms with van der Waals surface area (Å²) in [5.41, 5.74) is 3.19. The molecule has 7 nitrogen and oxygen atoms in total. The lowest BCUT2D eigenvalue weighted by Gasteiger charge is -2.08. The highest BCUT2D eigenvalue weighted by Gasteiger charge is 2.17. The zero-order chi connectivity index (χ0) is 17.8. The molecule has 128 valence electrons. The molecule has 0 saturated heterocycles. The maximum absolute atomic E-state index is 11.3. The lowest BCUT2D eigenvalue weighted by molar-refractivity contribution is -0.384. The van der Waals surface area contributed by atoms with Crippen molar-refractivity contribution < 1.29 is 4.92 Å². The second-order valence-electron chi connectivity index (χ2n) is 5.67. The molecular weight excluding hydrogens is 318 g/mol. The van der Waals surface area contributed by atoms with Gasteiger partial charge in [-0.3, -0.25) is 14.8 Å². The van der Waals surface area contributed by atoms with Gasteiger partial charge in [0.25, 0.3) is 5.69 Å². The zero-order valence-electron chi connectivity index (χ0n) is 14.1. The van der Waals surface area contributed by atoms with E-state index in [1.165, 1.54) is 6.07 Å². The molecule has 3 rings (SSSR count). The normalized spacial score (nSPS) is 10.6. The molecule has 25 heavy (non-hydrogen) atoms. The molecule has 0 radical (unpaired) electrons. The van der Waals surface area contributed by atoms with Crippen LogP contribution in [0.1, 0.15) is 18.2 Å². The summed E-state index contributed by atoms with van der Waals surface area (Å²) >= 11 is 0. The number of benzene rings is 1. The first kappa shape index (κ1) is 16.6. The van der Waals surface area contributed by atoms with E-state index in [0.717, 1.165) is 17.7 Å². The van der Waals surface area contributed by atoms with Crippen molar-refractivity contribution in [1.82, 2.24) is 14.8 Å². The topological polar surface area (TPSA) is 85.9 Å². The SMILES string of the molecule is CCc1nn(C)cc1CNc1ccc([N+](=O)[O-])c(-c2ccccc2)n1. The molecule has 0 bridgehead atoms. The van der Waals surface area contributed by atoms with E-state index < -0.39 is 4.92 Å². The molecule has 0 aliphatic carbocycles. The van der Waals surface area contributed by atoms with Crippen LogP contribution in [-0.2, 0) is 20.0 Å². The molecule has 7 heteroatoms. The minimum absolute atomic E-state index is 0.00706. The van der Waals surface area contributed by atoms with E-state index in [1.807, 2.05) is 43.6 Å². The van der Waals surface area contributed by atoms with Crippen molar-refractivity contribution in [3.63, 3.8) is 0 Å². The van der Waals surface area contributed by atoms with Crippen LogP contribution in [0, 0.1) is 10.1 Å².